The molecule has 20 heavy (non-hydrogen) atoms. The first kappa shape index (κ1) is 15.8. The number of nitrogens with one attached hydrogen (secondary N) is 1. The van der Waals surface area contributed by atoms with Gasteiger partial charge in [-0.1, -0.05) is 19.1 Å². The Bertz CT molecular complexity index is 476. The van der Waals surface area contributed by atoms with Gasteiger partial charge in [0, 0.05) is 20.1 Å². The van der Waals surface area contributed by atoms with Gasteiger partial charge < -0.3 is 20.4 Å². The van der Waals surface area contributed by atoms with Gasteiger partial charge in [0.15, 0.2) is 0 Å². The lowest BCUT2D eigenvalue weighted by Gasteiger charge is -2.20. The van der Waals surface area contributed by atoms with Crippen molar-refractivity contribution in [3.05, 3.63) is 29.8 Å². The minimum absolute atomic E-state index is 0.160. The van der Waals surface area contributed by atoms with E-state index in [9.17, 15) is 14.7 Å². The molecule has 6 heteroatoms. The van der Waals surface area contributed by atoms with E-state index in [1.807, 2.05) is 6.07 Å². The Labute approximate surface area is 118 Å². The predicted octanol–water partition coefficient (Wildman–Crippen LogP) is 1.30. The number of aromatic hydroxyl groups is 1. The number of phenols is 1. The van der Waals surface area contributed by atoms with Crippen molar-refractivity contribution in [1.29, 1.82) is 0 Å². The molecule has 1 aromatic carbocycles. The van der Waals surface area contributed by atoms with E-state index in [-0.39, 0.29) is 18.3 Å². The number of carbonyl (C=O) groups excluding carboxylic acids is 1. The fourth-order valence-electron chi connectivity index (χ4n) is 1.73. The van der Waals surface area contributed by atoms with Gasteiger partial charge in [0.1, 0.15) is 5.75 Å². The smallest absolute Gasteiger partial charge is 0.317 e. The van der Waals surface area contributed by atoms with Crippen molar-refractivity contribution in [3.8, 4) is 5.75 Å². The van der Waals surface area contributed by atoms with Crippen LogP contribution in [0.2, 0.25) is 0 Å². The fraction of sp³-hybridized carbons (Fsp3) is 0.429. The third-order valence-electron chi connectivity index (χ3n) is 2.92. The molecule has 110 valence electrons. The lowest BCUT2D eigenvalue weighted by atomic mass is 10.1. The van der Waals surface area contributed by atoms with E-state index >= 15 is 0 Å². The molecular formula is C14H20N2O4. The normalized spacial score (nSPS) is 11.7. The number of carboxylic acid groups (broad SMARTS) is 1. The van der Waals surface area contributed by atoms with Crippen molar-refractivity contribution >= 4 is 12.0 Å². The molecule has 1 rings (SSSR count). The summed E-state index contributed by atoms with van der Waals surface area (Å²) in [6.45, 7) is 2.14. The van der Waals surface area contributed by atoms with Crippen molar-refractivity contribution in [2.75, 3.05) is 20.1 Å². The van der Waals surface area contributed by atoms with Crippen molar-refractivity contribution in [1.82, 2.24) is 10.2 Å². The standard InChI is InChI=1S/C14H20N2O4/c1-10(13(18)19)9-16(2)14(20)15-7-6-11-4-3-5-12(17)8-11/h3-5,8,10,17H,6-7,9H2,1-2H3,(H,15,20)(H,18,19). The minimum Gasteiger partial charge on any atom is -0.508 e. The Hall–Kier alpha value is -2.24. The van der Waals surface area contributed by atoms with E-state index < -0.39 is 11.9 Å². The van der Waals surface area contributed by atoms with Crippen LogP contribution in [0.5, 0.6) is 5.75 Å². The molecule has 0 fully saturated rings. The lowest BCUT2D eigenvalue weighted by Crippen LogP contribution is -2.41. The molecule has 0 aliphatic heterocycles. The molecule has 0 heterocycles. The number of nitrogens with zero attached hydrogens (tertiary/aromatic N) is 1. The highest BCUT2D eigenvalue weighted by Crippen LogP contribution is 2.10. The number of phenolic OH excluding ortho intramolecular Hbond substituents is 1. The van der Waals surface area contributed by atoms with Gasteiger partial charge in [0.2, 0.25) is 0 Å². The summed E-state index contributed by atoms with van der Waals surface area (Å²) in [6, 6.07) is 6.53. The van der Waals surface area contributed by atoms with Crippen LogP contribution in [0.25, 0.3) is 0 Å². The molecule has 0 saturated heterocycles. The predicted molar refractivity (Wildman–Crippen MR) is 74.6 cm³/mol. The maximum absolute atomic E-state index is 11.7. The second-order valence-corrected chi connectivity index (χ2v) is 4.77. The maximum Gasteiger partial charge on any atom is 0.317 e. The Kier molecular flexibility index (Phi) is 5.83. The summed E-state index contributed by atoms with van der Waals surface area (Å²) in [4.78, 5) is 23.8. The Balaban J connectivity index is 2.34. The quantitative estimate of drug-likeness (QED) is 0.732. The number of aliphatic carboxylic acids is 1. The van der Waals surface area contributed by atoms with Crippen LogP contribution < -0.4 is 5.32 Å². The van der Waals surface area contributed by atoms with Crippen LogP contribution >= 0.6 is 0 Å². The summed E-state index contributed by atoms with van der Waals surface area (Å²) in [5, 5.41) is 20.8. The molecule has 3 N–H and O–H groups in total. The van der Waals surface area contributed by atoms with Gasteiger partial charge in [0.25, 0.3) is 0 Å². The topological polar surface area (TPSA) is 89.9 Å². The van der Waals surface area contributed by atoms with E-state index in [0.717, 1.165) is 5.56 Å². The molecule has 0 aliphatic rings. The Morgan fingerprint density at radius 2 is 2.10 bits per heavy atom. The molecule has 0 saturated carbocycles. The molecule has 1 unspecified atom stereocenters. The van der Waals surface area contributed by atoms with E-state index in [2.05, 4.69) is 5.32 Å². The van der Waals surface area contributed by atoms with Gasteiger partial charge in [-0.3, -0.25) is 4.79 Å². The summed E-state index contributed by atoms with van der Waals surface area (Å²) in [6.07, 6.45) is 0.600. The van der Waals surface area contributed by atoms with E-state index in [4.69, 9.17) is 5.11 Å². The SMILES string of the molecule is CC(CN(C)C(=O)NCCc1cccc(O)c1)C(=O)O. The average molecular weight is 280 g/mol. The van der Waals surface area contributed by atoms with Crippen LogP contribution in [-0.4, -0.2) is 47.3 Å². The number of urea groups is 1. The fourth-order valence-corrected chi connectivity index (χ4v) is 1.73. The number of carboxylic acids is 1. The number of rotatable bonds is 6. The van der Waals surface area contributed by atoms with Crippen molar-refractivity contribution < 1.29 is 19.8 Å². The summed E-state index contributed by atoms with van der Waals surface area (Å²) < 4.78 is 0. The minimum atomic E-state index is -0.926. The summed E-state index contributed by atoms with van der Waals surface area (Å²) in [5.41, 5.74) is 0.923. The molecule has 1 aromatic rings. The summed E-state index contributed by atoms with van der Waals surface area (Å²) >= 11 is 0. The molecule has 2 amide bonds. The highest BCUT2D eigenvalue weighted by molar-refractivity contribution is 5.75. The second kappa shape index (κ2) is 7.37. The van der Waals surface area contributed by atoms with Crippen LogP contribution in [0.4, 0.5) is 4.79 Å². The number of amides is 2. The maximum atomic E-state index is 11.7. The molecule has 6 nitrogen and oxygen atoms in total. The zero-order valence-electron chi connectivity index (χ0n) is 11.7. The average Bonchev–Trinajstić information content (AvgIpc) is 2.38. The first-order valence-electron chi connectivity index (χ1n) is 6.40. The van der Waals surface area contributed by atoms with E-state index in [0.29, 0.717) is 13.0 Å². The van der Waals surface area contributed by atoms with Crippen LogP contribution in [0.3, 0.4) is 0 Å². The molecule has 0 spiro atoms. The monoisotopic (exact) mass is 280 g/mol. The lowest BCUT2D eigenvalue weighted by molar-refractivity contribution is -0.141. The Morgan fingerprint density at radius 3 is 2.70 bits per heavy atom. The molecule has 0 aliphatic carbocycles. The highest BCUT2D eigenvalue weighted by atomic mass is 16.4. The highest BCUT2D eigenvalue weighted by Gasteiger charge is 2.16. The first-order valence-corrected chi connectivity index (χ1v) is 6.40. The van der Waals surface area contributed by atoms with Gasteiger partial charge in [0.05, 0.1) is 5.92 Å². The van der Waals surface area contributed by atoms with Gasteiger partial charge >= 0.3 is 12.0 Å². The van der Waals surface area contributed by atoms with Gasteiger partial charge in [-0.25, -0.2) is 4.79 Å². The molecule has 0 radical (unpaired) electrons. The third-order valence-corrected chi connectivity index (χ3v) is 2.92. The zero-order chi connectivity index (χ0) is 15.1. The summed E-state index contributed by atoms with van der Waals surface area (Å²) in [7, 11) is 1.56. The number of carbonyl (C=O) groups is 2. The number of benzene rings is 1. The van der Waals surface area contributed by atoms with Crippen LogP contribution in [0, 0.1) is 5.92 Å². The van der Waals surface area contributed by atoms with Crippen molar-refractivity contribution in [2.45, 2.75) is 13.3 Å². The number of hydrogen-bond donors (Lipinski definition) is 3. The van der Waals surface area contributed by atoms with Gasteiger partial charge in [-0.05, 0) is 24.1 Å². The van der Waals surface area contributed by atoms with Crippen LogP contribution in [0.15, 0.2) is 24.3 Å². The zero-order valence-corrected chi connectivity index (χ0v) is 11.7. The van der Waals surface area contributed by atoms with Crippen LogP contribution in [0.1, 0.15) is 12.5 Å². The molecular weight excluding hydrogens is 260 g/mol. The van der Waals surface area contributed by atoms with E-state index in [1.165, 1.54) is 4.90 Å². The van der Waals surface area contributed by atoms with Gasteiger partial charge in [-0.2, -0.15) is 0 Å². The van der Waals surface area contributed by atoms with Crippen molar-refractivity contribution in [2.24, 2.45) is 5.92 Å². The van der Waals surface area contributed by atoms with E-state index in [1.54, 1.807) is 32.2 Å². The van der Waals surface area contributed by atoms with Crippen molar-refractivity contribution in [3.63, 3.8) is 0 Å². The molecule has 0 bridgehead atoms. The molecule has 0 aromatic heterocycles. The third kappa shape index (κ3) is 5.17. The summed E-state index contributed by atoms with van der Waals surface area (Å²) in [5.74, 6) is -1.33. The Morgan fingerprint density at radius 1 is 1.40 bits per heavy atom. The van der Waals surface area contributed by atoms with Crippen LogP contribution in [-0.2, 0) is 11.2 Å². The number of hydrogen-bond acceptors (Lipinski definition) is 3. The van der Waals surface area contributed by atoms with Gasteiger partial charge in [-0.15, -0.1) is 0 Å². The molecule has 1 atom stereocenters. The first-order chi connectivity index (χ1) is 9.40. The second-order valence-electron chi connectivity index (χ2n) is 4.77. The largest absolute Gasteiger partial charge is 0.508 e.